The molecule has 3 aromatic rings. The molecule has 1 aliphatic rings. The van der Waals surface area contributed by atoms with Crippen LogP contribution in [0.25, 0.3) is 10.1 Å². The van der Waals surface area contributed by atoms with E-state index in [2.05, 4.69) is 4.72 Å². The van der Waals surface area contributed by atoms with Gasteiger partial charge in [-0.1, -0.05) is 17.7 Å². The van der Waals surface area contributed by atoms with E-state index in [1.165, 1.54) is 16.2 Å². The predicted molar refractivity (Wildman–Crippen MR) is 111 cm³/mol. The Balaban J connectivity index is 1.64. The number of aryl methyl sites for hydroxylation is 1. The largest absolute Gasteiger partial charge is 0.465 e. The highest BCUT2D eigenvalue weighted by Crippen LogP contribution is 2.36. The molecule has 9 heteroatoms. The molecule has 1 aromatic heterocycles. The van der Waals surface area contributed by atoms with Crippen LogP contribution in [0.1, 0.15) is 16.7 Å². The number of fused-ring (bicyclic) bond motifs is 2. The van der Waals surface area contributed by atoms with Gasteiger partial charge in [0.15, 0.2) is 0 Å². The molecule has 0 atom stereocenters. The molecule has 2 heterocycles. The molecule has 0 radical (unpaired) electrons. The molecule has 2 aromatic carbocycles. The van der Waals surface area contributed by atoms with E-state index in [1.54, 1.807) is 37.3 Å². The molecule has 0 fully saturated rings. The van der Waals surface area contributed by atoms with Crippen molar-refractivity contribution in [2.24, 2.45) is 0 Å². The summed E-state index contributed by atoms with van der Waals surface area (Å²) in [6, 6.07) is 10.6. The Morgan fingerprint density at radius 1 is 1.21 bits per heavy atom. The van der Waals surface area contributed by atoms with Crippen molar-refractivity contribution in [2.75, 3.05) is 11.3 Å². The van der Waals surface area contributed by atoms with Gasteiger partial charge in [-0.15, -0.1) is 11.3 Å². The van der Waals surface area contributed by atoms with Crippen molar-refractivity contribution in [3.8, 4) is 0 Å². The molecule has 0 spiro atoms. The van der Waals surface area contributed by atoms with Crippen molar-refractivity contribution in [1.29, 1.82) is 0 Å². The highest BCUT2D eigenvalue weighted by atomic mass is 35.5. The highest BCUT2D eigenvalue weighted by molar-refractivity contribution is 7.94. The minimum atomic E-state index is -3.75. The smallest absolute Gasteiger partial charge is 0.407 e. The Hall–Kier alpha value is -2.29. The number of anilines is 1. The number of carbonyl (C=O) groups is 1. The van der Waals surface area contributed by atoms with E-state index in [0.29, 0.717) is 35.8 Å². The zero-order chi connectivity index (χ0) is 20.1. The van der Waals surface area contributed by atoms with Crippen molar-refractivity contribution >= 4 is 54.8 Å². The van der Waals surface area contributed by atoms with Crippen molar-refractivity contribution in [3.05, 3.63) is 58.1 Å². The van der Waals surface area contributed by atoms with Gasteiger partial charge in [0.2, 0.25) is 0 Å². The molecule has 0 saturated carbocycles. The number of hydrogen-bond donors (Lipinski definition) is 2. The van der Waals surface area contributed by atoms with Crippen LogP contribution in [0.15, 0.2) is 40.6 Å². The lowest BCUT2D eigenvalue weighted by molar-refractivity contribution is 0.140. The number of halogens is 1. The summed E-state index contributed by atoms with van der Waals surface area (Å²) in [4.78, 5) is 12.5. The first kappa shape index (κ1) is 19.0. The van der Waals surface area contributed by atoms with Gasteiger partial charge in [0.05, 0.1) is 0 Å². The molecule has 1 amide bonds. The first-order valence-corrected chi connectivity index (χ1v) is 11.2. The van der Waals surface area contributed by atoms with Gasteiger partial charge in [-0.3, -0.25) is 4.72 Å². The van der Waals surface area contributed by atoms with Crippen LogP contribution in [-0.4, -0.2) is 31.1 Å². The SMILES string of the molecule is Cc1c(S(=O)(=O)Nc2ccc3c(c2)CCN(C(=O)O)C3)sc2ccc(Cl)cc12. The van der Waals surface area contributed by atoms with E-state index in [-0.39, 0.29) is 4.21 Å². The quantitative estimate of drug-likeness (QED) is 0.623. The van der Waals surface area contributed by atoms with E-state index in [0.717, 1.165) is 21.2 Å². The van der Waals surface area contributed by atoms with E-state index >= 15 is 0 Å². The van der Waals surface area contributed by atoms with E-state index in [1.807, 2.05) is 6.07 Å². The summed E-state index contributed by atoms with van der Waals surface area (Å²) in [5.74, 6) is 0. The summed E-state index contributed by atoms with van der Waals surface area (Å²) in [5.41, 5.74) is 2.99. The van der Waals surface area contributed by atoms with Gasteiger partial charge >= 0.3 is 6.09 Å². The predicted octanol–water partition coefficient (Wildman–Crippen LogP) is 4.70. The fourth-order valence-electron chi connectivity index (χ4n) is 3.41. The third-order valence-electron chi connectivity index (χ3n) is 4.84. The van der Waals surface area contributed by atoms with Crippen molar-refractivity contribution in [1.82, 2.24) is 4.90 Å². The molecule has 4 rings (SSSR count). The standard InChI is InChI=1S/C19H17ClN2O4S2/c1-11-16-9-14(20)3-5-17(16)27-18(11)28(25,26)21-15-4-2-13-10-22(19(23)24)7-6-12(13)8-15/h2-5,8-9,21H,6-7,10H2,1H3,(H,23,24). The van der Waals surface area contributed by atoms with Gasteiger partial charge in [0, 0.05) is 28.5 Å². The lowest BCUT2D eigenvalue weighted by Gasteiger charge is -2.26. The molecular formula is C19H17ClN2O4S2. The van der Waals surface area contributed by atoms with Crippen LogP contribution in [-0.2, 0) is 23.0 Å². The maximum atomic E-state index is 13.0. The van der Waals surface area contributed by atoms with Crippen LogP contribution < -0.4 is 4.72 Å². The number of carboxylic acid groups (broad SMARTS) is 1. The minimum absolute atomic E-state index is 0.263. The fraction of sp³-hybridized carbons (Fsp3) is 0.211. The number of amides is 1. The maximum absolute atomic E-state index is 13.0. The zero-order valence-electron chi connectivity index (χ0n) is 14.9. The highest BCUT2D eigenvalue weighted by Gasteiger charge is 2.24. The Morgan fingerprint density at radius 3 is 2.75 bits per heavy atom. The summed E-state index contributed by atoms with van der Waals surface area (Å²) in [6.45, 7) is 2.49. The Labute approximate surface area is 171 Å². The van der Waals surface area contributed by atoms with Crippen LogP contribution in [0, 0.1) is 6.92 Å². The van der Waals surface area contributed by atoms with E-state index in [4.69, 9.17) is 16.7 Å². The Morgan fingerprint density at radius 2 is 2.00 bits per heavy atom. The number of thiophene rings is 1. The van der Waals surface area contributed by atoms with Gasteiger partial charge in [0.25, 0.3) is 10.0 Å². The molecule has 0 unspecified atom stereocenters. The molecule has 146 valence electrons. The monoisotopic (exact) mass is 436 g/mol. The first-order chi connectivity index (χ1) is 13.2. The Kier molecular flexibility index (Phi) is 4.73. The molecule has 2 N–H and O–H groups in total. The van der Waals surface area contributed by atoms with Gasteiger partial charge < -0.3 is 10.0 Å². The topological polar surface area (TPSA) is 86.7 Å². The molecule has 6 nitrogen and oxygen atoms in total. The van der Waals surface area contributed by atoms with Gasteiger partial charge in [-0.2, -0.15) is 0 Å². The van der Waals surface area contributed by atoms with Crippen LogP contribution in [0.4, 0.5) is 10.5 Å². The lowest BCUT2D eigenvalue weighted by Crippen LogP contribution is -2.34. The normalized spacial score (nSPS) is 14.1. The van der Waals surface area contributed by atoms with Gasteiger partial charge in [0.1, 0.15) is 4.21 Å². The average Bonchev–Trinajstić information content (AvgIpc) is 2.98. The number of benzene rings is 2. The molecule has 1 aliphatic heterocycles. The second kappa shape index (κ2) is 6.95. The summed E-state index contributed by atoms with van der Waals surface area (Å²) in [5, 5.41) is 10.5. The second-order valence-corrected chi connectivity index (χ2v) is 10.1. The summed E-state index contributed by atoms with van der Waals surface area (Å²) in [7, 11) is -3.75. The average molecular weight is 437 g/mol. The second-order valence-electron chi connectivity index (χ2n) is 6.70. The number of nitrogens with zero attached hydrogens (tertiary/aromatic N) is 1. The summed E-state index contributed by atoms with van der Waals surface area (Å²) >= 11 is 7.25. The maximum Gasteiger partial charge on any atom is 0.407 e. The summed E-state index contributed by atoms with van der Waals surface area (Å²) in [6.07, 6.45) is -0.395. The van der Waals surface area contributed by atoms with Crippen molar-refractivity contribution < 1.29 is 18.3 Å². The molecule has 0 bridgehead atoms. The molecule has 0 aliphatic carbocycles. The van der Waals surface area contributed by atoms with Crippen molar-refractivity contribution in [2.45, 2.75) is 24.1 Å². The van der Waals surface area contributed by atoms with E-state index < -0.39 is 16.1 Å². The van der Waals surface area contributed by atoms with E-state index in [9.17, 15) is 13.2 Å². The fourth-order valence-corrected chi connectivity index (χ4v) is 6.38. The number of sulfonamides is 1. The Bertz CT molecular complexity index is 1200. The van der Waals surface area contributed by atoms with Crippen LogP contribution in [0.5, 0.6) is 0 Å². The number of hydrogen-bond acceptors (Lipinski definition) is 4. The first-order valence-electron chi connectivity index (χ1n) is 8.56. The van der Waals surface area contributed by atoms with Gasteiger partial charge in [-0.25, -0.2) is 13.2 Å². The molecule has 0 saturated heterocycles. The van der Waals surface area contributed by atoms with Crippen molar-refractivity contribution in [3.63, 3.8) is 0 Å². The number of nitrogens with one attached hydrogen (secondary N) is 1. The van der Waals surface area contributed by atoms with Crippen LogP contribution >= 0.6 is 22.9 Å². The van der Waals surface area contributed by atoms with Crippen LogP contribution in [0.2, 0.25) is 5.02 Å². The minimum Gasteiger partial charge on any atom is -0.465 e. The van der Waals surface area contributed by atoms with Gasteiger partial charge in [-0.05, 0) is 65.8 Å². The van der Waals surface area contributed by atoms with Crippen LogP contribution in [0.3, 0.4) is 0 Å². The third kappa shape index (κ3) is 3.43. The number of rotatable bonds is 3. The lowest BCUT2D eigenvalue weighted by atomic mass is 9.99. The molecular weight excluding hydrogens is 420 g/mol. The summed E-state index contributed by atoms with van der Waals surface area (Å²) < 4.78 is 29.7. The molecule has 28 heavy (non-hydrogen) atoms. The third-order valence-corrected chi connectivity index (χ3v) is 8.35. The zero-order valence-corrected chi connectivity index (χ0v) is 17.3.